The topological polar surface area (TPSA) is 77.8 Å². The predicted octanol–water partition coefficient (Wildman–Crippen LogP) is 1.78. The van der Waals surface area contributed by atoms with Gasteiger partial charge in [-0.25, -0.2) is 0 Å². The van der Waals surface area contributed by atoms with Crippen molar-refractivity contribution >= 4 is 11.4 Å². The van der Waals surface area contributed by atoms with Crippen molar-refractivity contribution in [2.45, 2.75) is 19.4 Å². The number of ether oxygens (including phenoxy) is 2. The number of aryl methyl sites for hydroxylation is 1. The van der Waals surface area contributed by atoms with E-state index in [1.165, 1.54) is 4.63 Å². The van der Waals surface area contributed by atoms with E-state index in [4.69, 9.17) is 9.47 Å². The van der Waals surface area contributed by atoms with Gasteiger partial charge in [-0.05, 0) is 31.5 Å². The van der Waals surface area contributed by atoms with Crippen molar-refractivity contribution < 1.29 is 14.3 Å². The molecule has 0 saturated carbocycles. The Labute approximate surface area is 144 Å². The van der Waals surface area contributed by atoms with Gasteiger partial charge >= 0.3 is 0 Å². The summed E-state index contributed by atoms with van der Waals surface area (Å²) in [5, 5.41) is 11.5. The molecule has 0 saturated heterocycles. The van der Waals surface area contributed by atoms with Gasteiger partial charge in [0.2, 0.25) is 0 Å². The molecule has 1 aliphatic heterocycles. The summed E-state index contributed by atoms with van der Waals surface area (Å²) in [6, 6.07) is 9.29. The van der Waals surface area contributed by atoms with Crippen LogP contribution in [0.15, 0.2) is 36.5 Å². The number of rotatable bonds is 3. The van der Waals surface area contributed by atoms with E-state index in [9.17, 15) is 4.79 Å². The SMILES string of the molecule is COc1cccc2c1OCC(NC(=O)c1c(C)nn3ncccc13)C2. The van der Waals surface area contributed by atoms with Crippen molar-refractivity contribution in [1.29, 1.82) is 0 Å². The molecule has 7 nitrogen and oxygen atoms in total. The minimum Gasteiger partial charge on any atom is -0.493 e. The molecule has 4 rings (SSSR count). The van der Waals surface area contributed by atoms with Crippen molar-refractivity contribution in [3.63, 3.8) is 0 Å². The summed E-state index contributed by atoms with van der Waals surface area (Å²) >= 11 is 0. The predicted molar refractivity (Wildman–Crippen MR) is 91.2 cm³/mol. The zero-order valence-electron chi connectivity index (χ0n) is 14.0. The first kappa shape index (κ1) is 15.4. The van der Waals surface area contributed by atoms with Gasteiger partial charge in [-0.3, -0.25) is 4.79 Å². The fraction of sp³-hybridized carbons (Fsp3) is 0.278. The lowest BCUT2D eigenvalue weighted by Crippen LogP contribution is -2.43. The highest BCUT2D eigenvalue weighted by molar-refractivity contribution is 6.02. The monoisotopic (exact) mass is 338 g/mol. The van der Waals surface area contributed by atoms with E-state index in [1.54, 1.807) is 26.3 Å². The first-order valence-corrected chi connectivity index (χ1v) is 8.07. The highest BCUT2D eigenvalue weighted by Gasteiger charge is 2.26. The van der Waals surface area contributed by atoms with Crippen molar-refractivity contribution in [1.82, 2.24) is 20.1 Å². The van der Waals surface area contributed by atoms with Gasteiger partial charge in [0.1, 0.15) is 12.1 Å². The molecule has 7 heteroatoms. The van der Waals surface area contributed by atoms with Gasteiger partial charge in [-0.15, -0.1) is 0 Å². The molecule has 0 bridgehead atoms. The highest BCUT2D eigenvalue weighted by atomic mass is 16.5. The number of nitrogens with zero attached hydrogens (tertiary/aromatic N) is 3. The van der Waals surface area contributed by atoms with Gasteiger partial charge in [-0.1, -0.05) is 12.1 Å². The lowest BCUT2D eigenvalue weighted by Gasteiger charge is -2.27. The number of carbonyl (C=O) groups excluding carboxylic acids is 1. The molecular weight excluding hydrogens is 320 g/mol. The van der Waals surface area contributed by atoms with Crippen LogP contribution in [0.4, 0.5) is 0 Å². The maximum atomic E-state index is 12.8. The summed E-state index contributed by atoms with van der Waals surface area (Å²) in [4.78, 5) is 12.8. The molecule has 3 aromatic rings. The molecule has 2 aromatic heterocycles. The van der Waals surface area contributed by atoms with Gasteiger partial charge in [0.05, 0.1) is 24.4 Å². The maximum absolute atomic E-state index is 12.8. The molecule has 0 radical (unpaired) electrons. The zero-order valence-corrected chi connectivity index (χ0v) is 14.0. The van der Waals surface area contributed by atoms with Crippen LogP contribution in [0.25, 0.3) is 5.52 Å². The molecule has 0 aliphatic carbocycles. The molecule has 0 fully saturated rings. The average molecular weight is 338 g/mol. The zero-order chi connectivity index (χ0) is 17.4. The fourth-order valence-corrected chi connectivity index (χ4v) is 3.19. The minimum absolute atomic E-state index is 0.113. The molecule has 1 aromatic carbocycles. The lowest BCUT2D eigenvalue weighted by molar-refractivity contribution is 0.0915. The molecule has 0 spiro atoms. The van der Waals surface area contributed by atoms with Crippen LogP contribution in [-0.4, -0.2) is 40.5 Å². The van der Waals surface area contributed by atoms with Gasteiger partial charge in [0, 0.05) is 11.8 Å². The first-order valence-electron chi connectivity index (χ1n) is 8.07. The van der Waals surface area contributed by atoms with Gasteiger partial charge in [-0.2, -0.15) is 14.8 Å². The molecule has 1 aliphatic rings. The van der Waals surface area contributed by atoms with Crippen molar-refractivity contribution in [3.05, 3.63) is 53.3 Å². The van der Waals surface area contributed by atoms with Crippen LogP contribution in [0, 0.1) is 6.92 Å². The Kier molecular flexibility index (Phi) is 3.76. The number of benzene rings is 1. The number of amides is 1. The largest absolute Gasteiger partial charge is 0.493 e. The van der Waals surface area contributed by atoms with Crippen LogP contribution >= 0.6 is 0 Å². The second-order valence-corrected chi connectivity index (χ2v) is 5.99. The Morgan fingerprint density at radius 3 is 3.08 bits per heavy atom. The second-order valence-electron chi connectivity index (χ2n) is 5.99. The van der Waals surface area contributed by atoms with E-state index in [2.05, 4.69) is 15.5 Å². The molecule has 1 N–H and O–H groups in total. The van der Waals surface area contributed by atoms with Gasteiger partial charge in [0.15, 0.2) is 11.5 Å². The van der Waals surface area contributed by atoms with Crippen LogP contribution < -0.4 is 14.8 Å². The standard InChI is InChI=1S/C18H18N4O3/c1-11-16(14-6-4-8-19-22(14)21-11)18(23)20-13-9-12-5-3-7-15(24-2)17(12)25-10-13/h3-8,13H,9-10H2,1-2H3,(H,20,23). The lowest BCUT2D eigenvalue weighted by atomic mass is 10.0. The quantitative estimate of drug-likeness (QED) is 0.788. The fourth-order valence-electron chi connectivity index (χ4n) is 3.19. The maximum Gasteiger partial charge on any atom is 0.255 e. The number of fused-ring (bicyclic) bond motifs is 2. The third-order valence-electron chi connectivity index (χ3n) is 4.33. The summed E-state index contributed by atoms with van der Waals surface area (Å²) in [6.07, 6.45) is 2.33. The normalized spacial score (nSPS) is 16.2. The summed E-state index contributed by atoms with van der Waals surface area (Å²) in [5.74, 6) is 1.30. The molecule has 1 atom stereocenters. The second kappa shape index (κ2) is 6.08. The average Bonchev–Trinajstić information content (AvgIpc) is 2.96. The highest BCUT2D eigenvalue weighted by Crippen LogP contribution is 2.34. The number of methoxy groups -OCH3 is 1. The Hall–Kier alpha value is -3.09. The number of para-hydroxylation sites is 1. The van der Waals surface area contributed by atoms with E-state index in [0.717, 1.165) is 11.3 Å². The smallest absolute Gasteiger partial charge is 0.255 e. The molecule has 1 amide bonds. The summed E-state index contributed by atoms with van der Waals surface area (Å²) in [7, 11) is 1.62. The first-order chi connectivity index (χ1) is 12.2. The van der Waals surface area contributed by atoms with Gasteiger partial charge < -0.3 is 14.8 Å². The van der Waals surface area contributed by atoms with Crippen molar-refractivity contribution in [2.24, 2.45) is 0 Å². The van der Waals surface area contributed by atoms with E-state index in [0.29, 0.717) is 35.6 Å². The Morgan fingerprint density at radius 2 is 2.24 bits per heavy atom. The van der Waals surface area contributed by atoms with E-state index in [1.807, 2.05) is 24.3 Å². The van der Waals surface area contributed by atoms with E-state index >= 15 is 0 Å². The Bertz CT molecular complexity index is 951. The number of hydrogen-bond acceptors (Lipinski definition) is 5. The Balaban J connectivity index is 1.56. The number of aromatic nitrogens is 3. The number of hydrogen-bond donors (Lipinski definition) is 1. The summed E-state index contributed by atoms with van der Waals surface area (Å²) in [6.45, 7) is 2.21. The Morgan fingerprint density at radius 1 is 1.36 bits per heavy atom. The minimum atomic E-state index is -0.166. The number of carbonyl (C=O) groups is 1. The van der Waals surface area contributed by atoms with Crippen LogP contribution in [0.2, 0.25) is 0 Å². The van der Waals surface area contributed by atoms with Crippen LogP contribution in [0.3, 0.4) is 0 Å². The van der Waals surface area contributed by atoms with Crippen LogP contribution in [0.1, 0.15) is 21.6 Å². The molecular formula is C18H18N4O3. The van der Waals surface area contributed by atoms with E-state index in [-0.39, 0.29) is 11.9 Å². The molecule has 3 heterocycles. The summed E-state index contributed by atoms with van der Waals surface area (Å²) < 4.78 is 12.6. The number of nitrogens with one attached hydrogen (secondary N) is 1. The van der Waals surface area contributed by atoms with Crippen LogP contribution in [0.5, 0.6) is 11.5 Å². The third-order valence-corrected chi connectivity index (χ3v) is 4.33. The molecule has 1 unspecified atom stereocenters. The summed E-state index contributed by atoms with van der Waals surface area (Å²) in [5.41, 5.74) is 2.91. The third kappa shape index (κ3) is 2.67. The molecule has 25 heavy (non-hydrogen) atoms. The van der Waals surface area contributed by atoms with Crippen LogP contribution in [-0.2, 0) is 6.42 Å². The van der Waals surface area contributed by atoms with Crippen molar-refractivity contribution in [2.75, 3.05) is 13.7 Å². The molecule has 128 valence electrons. The van der Waals surface area contributed by atoms with E-state index < -0.39 is 0 Å². The van der Waals surface area contributed by atoms with Gasteiger partial charge in [0.25, 0.3) is 5.91 Å². The van der Waals surface area contributed by atoms with Crippen molar-refractivity contribution in [3.8, 4) is 11.5 Å².